The highest BCUT2D eigenvalue weighted by Crippen LogP contribution is 2.33. The third kappa shape index (κ3) is 4.74. The number of benzene rings is 2. The van der Waals surface area contributed by atoms with Gasteiger partial charge in [0.1, 0.15) is 0 Å². The molecular weight excluding hydrogens is 288 g/mol. The van der Waals surface area contributed by atoms with E-state index in [0.29, 0.717) is 5.92 Å². The van der Waals surface area contributed by atoms with Gasteiger partial charge in [-0.25, -0.2) is 0 Å². The van der Waals surface area contributed by atoms with Crippen LogP contribution in [0, 0.1) is 19.8 Å². The Hall–Kier alpha value is -1.53. The quantitative estimate of drug-likeness (QED) is 0.573. The Morgan fingerprint density at radius 2 is 1.05 bits per heavy atom. The van der Waals surface area contributed by atoms with Crippen LogP contribution in [0.1, 0.15) is 49.9 Å². The molecule has 0 fully saturated rings. The molecule has 0 heterocycles. The van der Waals surface area contributed by atoms with Gasteiger partial charge in [-0.2, -0.15) is 0 Å². The van der Waals surface area contributed by atoms with Crippen molar-refractivity contribution in [1.82, 2.24) is 0 Å². The zero-order valence-corrected chi connectivity index (χ0v) is 15.3. The van der Waals surface area contributed by atoms with Gasteiger partial charge in [-0.1, -0.05) is 99.0 Å². The number of halogens is 1. The van der Waals surface area contributed by atoms with E-state index in [0.717, 1.165) is 10.6 Å². The van der Waals surface area contributed by atoms with Crippen molar-refractivity contribution in [3.05, 3.63) is 75.8 Å². The van der Waals surface area contributed by atoms with Gasteiger partial charge in [-0.05, 0) is 30.9 Å². The fourth-order valence-electron chi connectivity index (χ4n) is 2.17. The minimum atomic E-state index is 0.314. The summed E-state index contributed by atoms with van der Waals surface area (Å²) in [5.74, 6) is 0.314. The van der Waals surface area contributed by atoms with E-state index < -0.39 is 0 Å². The summed E-state index contributed by atoms with van der Waals surface area (Å²) in [6.07, 6.45) is 0. The lowest BCUT2D eigenvalue weighted by Gasteiger charge is -2.15. The molecule has 1 heteroatoms. The topological polar surface area (TPSA) is 0 Å². The highest BCUT2D eigenvalue weighted by Gasteiger charge is 2.13. The molecule has 0 aliphatic carbocycles. The molecule has 0 aliphatic heterocycles. The smallest absolute Gasteiger partial charge is 0.0290 e. The maximum atomic E-state index is 6.61. The Morgan fingerprint density at radius 3 is 1.32 bits per heavy atom. The van der Waals surface area contributed by atoms with Crippen LogP contribution in [0.3, 0.4) is 0 Å². The first kappa shape index (κ1) is 18.5. The van der Waals surface area contributed by atoms with E-state index in [1.807, 2.05) is 13.8 Å². The Labute approximate surface area is 140 Å². The molecule has 0 saturated carbocycles. The third-order valence-corrected chi connectivity index (χ3v) is 4.05. The van der Waals surface area contributed by atoms with Crippen LogP contribution in [0.15, 0.2) is 53.6 Å². The Kier molecular flexibility index (Phi) is 7.41. The average Bonchev–Trinajstić information content (AvgIpc) is 2.53. The Bertz CT molecular complexity index is 554. The van der Waals surface area contributed by atoms with Crippen molar-refractivity contribution < 1.29 is 0 Å². The summed E-state index contributed by atoms with van der Waals surface area (Å²) in [5.41, 5.74) is 6.02. The molecule has 2 aromatic carbocycles. The van der Waals surface area contributed by atoms with Crippen molar-refractivity contribution in [2.45, 2.75) is 41.5 Å². The van der Waals surface area contributed by atoms with Crippen molar-refractivity contribution in [2.75, 3.05) is 0 Å². The zero-order valence-electron chi connectivity index (χ0n) is 14.6. The summed E-state index contributed by atoms with van der Waals surface area (Å²) in [5, 5.41) is 0.915. The first-order valence-electron chi connectivity index (χ1n) is 8.03. The minimum absolute atomic E-state index is 0.314. The van der Waals surface area contributed by atoms with Crippen LogP contribution >= 0.6 is 11.6 Å². The molecule has 2 rings (SSSR count). The normalized spacial score (nSPS) is 10.0. The third-order valence-electron chi connectivity index (χ3n) is 3.43. The molecule has 0 radical (unpaired) electrons. The molecule has 0 unspecified atom stereocenters. The standard InChI is InChI=1S/C19H21Cl.C2H6/c1-13(2)19(20)18(16-9-5-14(3)6-10-16)17-11-7-15(4)8-12-17;1-2/h5-13H,1-4H3;1-2H3. The van der Waals surface area contributed by atoms with E-state index in [4.69, 9.17) is 11.6 Å². The number of rotatable bonds is 3. The molecule has 0 bridgehead atoms. The molecule has 0 spiro atoms. The van der Waals surface area contributed by atoms with Crippen LogP contribution in [0.2, 0.25) is 0 Å². The van der Waals surface area contributed by atoms with Gasteiger partial charge in [0.2, 0.25) is 0 Å². The van der Waals surface area contributed by atoms with Crippen molar-refractivity contribution in [3.63, 3.8) is 0 Å². The molecule has 0 atom stereocenters. The highest BCUT2D eigenvalue weighted by molar-refractivity contribution is 6.33. The summed E-state index contributed by atoms with van der Waals surface area (Å²) >= 11 is 6.61. The maximum absolute atomic E-state index is 6.61. The maximum Gasteiger partial charge on any atom is 0.0290 e. The number of allylic oxidation sites excluding steroid dienone is 1. The van der Waals surface area contributed by atoms with Gasteiger partial charge in [0.15, 0.2) is 0 Å². The first-order chi connectivity index (χ1) is 10.5. The van der Waals surface area contributed by atoms with Crippen molar-refractivity contribution in [3.8, 4) is 0 Å². The van der Waals surface area contributed by atoms with Gasteiger partial charge in [0.05, 0.1) is 0 Å². The summed E-state index contributed by atoms with van der Waals surface area (Å²) < 4.78 is 0. The second kappa shape index (κ2) is 8.80. The number of aryl methyl sites for hydroxylation is 2. The van der Waals surface area contributed by atoms with Gasteiger partial charge in [-0.3, -0.25) is 0 Å². The molecule has 0 saturated heterocycles. The van der Waals surface area contributed by atoms with Crippen LogP contribution in [0.4, 0.5) is 0 Å². The van der Waals surface area contributed by atoms with Gasteiger partial charge < -0.3 is 0 Å². The number of hydrogen-bond acceptors (Lipinski definition) is 0. The molecule has 22 heavy (non-hydrogen) atoms. The minimum Gasteiger partial charge on any atom is -0.0882 e. The van der Waals surface area contributed by atoms with Crippen molar-refractivity contribution in [1.29, 1.82) is 0 Å². The van der Waals surface area contributed by atoms with E-state index in [1.165, 1.54) is 22.3 Å². The predicted octanol–water partition coefficient (Wildman–Crippen LogP) is 6.98. The summed E-state index contributed by atoms with van der Waals surface area (Å²) in [4.78, 5) is 0. The van der Waals surface area contributed by atoms with Gasteiger partial charge in [-0.15, -0.1) is 0 Å². The Balaban J connectivity index is 0.00000116. The lowest BCUT2D eigenvalue weighted by molar-refractivity contribution is 0.815. The zero-order chi connectivity index (χ0) is 16.7. The van der Waals surface area contributed by atoms with E-state index >= 15 is 0 Å². The highest BCUT2D eigenvalue weighted by atomic mass is 35.5. The predicted molar refractivity (Wildman–Crippen MR) is 100 cm³/mol. The van der Waals surface area contributed by atoms with E-state index in [-0.39, 0.29) is 0 Å². The van der Waals surface area contributed by atoms with E-state index in [2.05, 4.69) is 76.2 Å². The largest absolute Gasteiger partial charge is 0.0882 e. The second-order valence-electron chi connectivity index (χ2n) is 5.61. The van der Waals surface area contributed by atoms with Crippen LogP contribution in [-0.4, -0.2) is 0 Å². The molecule has 118 valence electrons. The second-order valence-corrected chi connectivity index (χ2v) is 6.02. The molecular formula is C21H27Cl. The lowest BCUT2D eigenvalue weighted by atomic mass is 9.93. The monoisotopic (exact) mass is 314 g/mol. The van der Waals surface area contributed by atoms with Crippen LogP contribution < -0.4 is 0 Å². The molecule has 0 aliphatic rings. The molecule has 0 aromatic heterocycles. The summed E-state index contributed by atoms with van der Waals surface area (Å²) in [6.45, 7) is 12.5. The summed E-state index contributed by atoms with van der Waals surface area (Å²) in [7, 11) is 0. The fraction of sp³-hybridized carbons (Fsp3) is 0.333. The Morgan fingerprint density at radius 1 is 0.727 bits per heavy atom. The van der Waals surface area contributed by atoms with Gasteiger partial charge >= 0.3 is 0 Å². The van der Waals surface area contributed by atoms with Crippen LogP contribution in [0.5, 0.6) is 0 Å². The van der Waals surface area contributed by atoms with Crippen LogP contribution in [-0.2, 0) is 0 Å². The summed E-state index contributed by atoms with van der Waals surface area (Å²) in [6, 6.07) is 17.1. The van der Waals surface area contributed by atoms with Crippen molar-refractivity contribution >= 4 is 17.2 Å². The molecule has 0 N–H and O–H groups in total. The van der Waals surface area contributed by atoms with Crippen LogP contribution in [0.25, 0.3) is 5.57 Å². The van der Waals surface area contributed by atoms with Crippen molar-refractivity contribution in [2.24, 2.45) is 5.92 Å². The molecule has 2 aromatic rings. The molecule has 0 nitrogen and oxygen atoms in total. The van der Waals surface area contributed by atoms with Gasteiger partial charge in [0.25, 0.3) is 0 Å². The fourth-order valence-corrected chi connectivity index (χ4v) is 2.39. The van der Waals surface area contributed by atoms with E-state index in [1.54, 1.807) is 0 Å². The SMILES string of the molecule is CC.Cc1ccc(C(=C(Cl)C(C)C)c2ccc(C)cc2)cc1. The lowest BCUT2D eigenvalue weighted by Crippen LogP contribution is -1.96. The first-order valence-corrected chi connectivity index (χ1v) is 8.40. The average molecular weight is 315 g/mol. The number of hydrogen-bond donors (Lipinski definition) is 0. The molecule has 0 amide bonds. The van der Waals surface area contributed by atoms with Gasteiger partial charge in [0, 0.05) is 10.6 Å². The van der Waals surface area contributed by atoms with E-state index in [9.17, 15) is 0 Å².